The van der Waals surface area contributed by atoms with Crippen LogP contribution in [-0.4, -0.2) is 75.7 Å². The van der Waals surface area contributed by atoms with E-state index in [1.165, 1.54) is 6.20 Å². The minimum atomic E-state index is -1.01. The summed E-state index contributed by atoms with van der Waals surface area (Å²) in [4.78, 5) is 22.4. The van der Waals surface area contributed by atoms with Gasteiger partial charge in [0.05, 0.1) is 37.2 Å². The van der Waals surface area contributed by atoms with Gasteiger partial charge in [-0.15, -0.1) is 0 Å². The summed E-state index contributed by atoms with van der Waals surface area (Å²) >= 11 is 0. The molecule has 0 aromatic carbocycles. The average molecular weight is 480 g/mol. The third-order valence-corrected chi connectivity index (χ3v) is 7.00. The Kier molecular flexibility index (Phi) is 5.37. The molecule has 0 bridgehead atoms. The van der Waals surface area contributed by atoms with Crippen LogP contribution in [0.3, 0.4) is 0 Å². The van der Waals surface area contributed by atoms with Gasteiger partial charge in [-0.05, 0) is 25.0 Å². The van der Waals surface area contributed by atoms with E-state index < -0.39 is 12.2 Å². The highest BCUT2D eigenvalue weighted by molar-refractivity contribution is 6.01. The van der Waals surface area contributed by atoms with E-state index in [2.05, 4.69) is 25.3 Å². The summed E-state index contributed by atoms with van der Waals surface area (Å²) in [7, 11) is 3.47. The second-order valence-electron chi connectivity index (χ2n) is 8.95. The molecule has 0 radical (unpaired) electrons. The summed E-state index contributed by atoms with van der Waals surface area (Å²) in [5, 5.41) is 11.2. The third-order valence-electron chi connectivity index (χ3n) is 7.00. The molecule has 4 aromatic heterocycles. The van der Waals surface area contributed by atoms with Crippen LogP contribution in [0.4, 0.5) is 10.2 Å². The summed E-state index contributed by atoms with van der Waals surface area (Å²) in [6.45, 7) is 1.04. The number of pyridine rings is 1. The van der Waals surface area contributed by atoms with Gasteiger partial charge in [-0.3, -0.25) is 4.79 Å². The number of alkyl halides is 1. The van der Waals surface area contributed by atoms with E-state index in [9.17, 15) is 9.18 Å². The Morgan fingerprint density at radius 1 is 1.29 bits per heavy atom. The number of methoxy groups -OCH3 is 1. The second-order valence-corrected chi connectivity index (χ2v) is 8.95. The molecule has 4 aromatic rings. The topological polar surface area (TPSA) is 108 Å². The highest BCUT2D eigenvalue weighted by atomic mass is 19.1. The van der Waals surface area contributed by atoms with Crippen LogP contribution in [0.15, 0.2) is 36.8 Å². The first kappa shape index (κ1) is 21.9. The van der Waals surface area contributed by atoms with Crippen molar-refractivity contribution < 1.29 is 18.7 Å². The number of amides is 1. The lowest BCUT2D eigenvalue weighted by Crippen LogP contribution is -2.48. The highest BCUT2D eigenvalue weighted by Gasteiger charge is 2.34. The maximum atomic E-state index is 13.7. The van der Waals surface area contributed by atoms with Crippen molar-refractivity contribution >= 4 is 28.4 Å². The van der Waals surface area contributed by atoms with E-state index in [4.69, 9.17) is 14.5 Å². The van der Waals surface area contributed by atoms with Gasteiger partial charge in [0, 0.05) is 43.6 Å². The van der Waals surface area contributed by atoms with Gasteiger partial charge in [0.25, 0.3) is 5.91 Å². The summed E-state index contributed by atoms with van der Waals surface area (Å²) in [5.74, 6) is 0.286. The van der Waals surface area contributed by atoms with Gasteiger partial charge >= 0.3 is 0 Å². The van der Waals surface area contributed by atoms with Crippen molar-refractivity contribution in [3.8, 4) is 11.3 Å². The zero-order chi connectivity index (χ0) is 24.1. The molecule has 2 fully saturated rings. The average Bonchev–Trinajstić information content (AvgIpc) is 3.61. The van der Waals surface area contributed by atoms with Crippen molar-refractivity contribution in [2.45, 2.75) is 37.2 Å². The number of nitrogens with zero attached hydrogens (tertiary/aromatic N) is 5. The molecule has 1 aliphatic heterocycles. The molecule has 35 heavy (non-hydrogen) atoms. The number of halogens is 1. The Morgan fingerprint density at radius 3 is 2.91 bits per heavy atom. The lowest BCUT2D eigenvalue weighted by atomic mass is 9.90. The largest absolute Gasteiger partial charge is 0.377 e. The predicted molar refractivity (Wildman–Crippen MR) is 127 cm³/mol. The maximum Gasteiger partial charge on any atom is 0.257 e. The summed E-state index contributed by atoms with van der Waals surface area (Å²) in [5.41, 5.74) is 3.02. The second kappa shape index (κ2) is 8.58. The molecule has 2 aliphatic rings. The minimum absolute atomic E-state index is 0.0221. The van der Waals surface area contributed by atoms with Crippen molar-refractivity contribution in [3.63, 3.8) is 0 Å². The van der Waals surface area contributed by atoms with E-state index in [0.29, 0.717) is 48.8 Å². The zero-order valence-corrected chi connectivity index (χ0v) is 19.4. The van der Waals surface area contributed by atoms with Gasteiger partial charge in [0.2, 0.25) is 0 Å². The van der Waals surface area contributed by atoms with Crippen LogP contribution >= 0.6 is 0 Å². The van der Waals surface area contributed by atoms with Crippen LogP contribution in [0.1, 0.15) is 29.2 Å². The Labute approximate surface area is 200 Å². The zero-order valence-electron chi connectivity index (χ0n) is 19.4. The maximum absolute atomic E-state index is 13.7. The normalized spacial score (nSPS) is 24.1. The molecule has 1 amide bonds. The number of anilines is 1. The molecule has 10 nitrogen and oxygen atoms in total. The fraction of sp³-hybridized carbons (Fsp3) is 0.417. The molecule has 1 saturated carbocycles. The molecular weight excluding hydrogens is 453 g/mol. The van der Waals surface area contributed by atoms with E-state index in [-0.39, 0.29) is 18.1 Å². The lowest BCUT2D eigenvalue weighted by molar-refractivity contribution is 0.0692. The van der Waals surface area contributed by atoms with Crippen molar-refractivity contribution in [1.29, 1.82) is 0 Å². The van der Waals surface area contributed by atoms with Gasteiger partial charge < -0.3 is 24.7 Å². The van der Waals surface area contributed by atoms with Crippen LogP contribution in [0.2, 0.25) is 0 Å². The predicted octanol–water partition coefficient (Wildman–Crippen LogP) is 2.60. The highest BCUT2D eigenvalue weighted by Crippen LogP contribution is 2.35. The number of carbonyl (C=O) groups is 1. The molecule has 5 heterocycles. The first-order chi connectivity index (χ1) is 17.1. The van der Waals surface area contributed by atoms with Crippen LogP contribution in [0, 0.1) is 0 Å². The number of rotatable bonds is 6. The van der Waals surface area contributed by atoms with Gasteiger partial charge in [-0.25, -0.2) is 14.4 Å². The van der Waals surface area contributed by atoms with Gasteiger partial charge in [0.15, 0.2) is 5.65 Å². The summed E-state index contributed by atoms with van der Waals surface area (Å²) < 4.78 is 28.7. The molecule has 1 unspecified atom stereocenters. The van der Waals surface area contributed by atoms with Crippen LogP contribution < -0.4 is 10.6 Å². The van der Waals surface area contributed by atoms with Crippen LogP contribution in [0.25, 0.3) is 27.9 Å². The monoisotopic (exact) mass is 479 g/mol. The quantitative estimate of drug-likeness (QED) is 0.438. The Bertz CT molecular complexity index is 1420. The SMILES string of the molecule is CNc1cc(-c2cn([C@@H]3COC[C@H]3OC)c3ncccc23)nc2c(C(=O)NC3CC[C@@H]3F)cnn12. The van der Waals surface area contributed by atoms with Gasteiger partial charge in [-0.1, -0.05) is 0 Å². The first-order valence-electron chi connectivity index (χ1n) is 11.7. The Morgan fingerprint density at radius 2 is 2.17 bits per heavy atom. The van der Waals surface area contributed by atoms with Crippen LogP contribution in [0.5, 0.6) is 0 Å². The molecular formula is C24H26FN7O3. The summed E-state index contributed by atoms with van der Waals surface area (Å²) in [6.07, 6.45) is 5.25. The molecule has 0 spiro atoms. The summed E-state index contributed by atoms with van der Waals surface area (Å²) in [6, 6.07) is 5.28. The molecule has 4 atom stereocenters. The van der Waals surface area contributed by atoms with Gasteiger partial charge in [0.1, 0.15) is 29.3 Å². The van der Waals surface area contributed by atoms with Crippen LogP contribution in [-0.2, 0) is 9.47 Å². The van der Waals surface area contributed by atoms with E-state index in [1.54, 1.807) is 24.9 Å². The molecule has 1 saturated heterocycles. The van der Waals surface area contributed by atoms with Crippen molar-refractivity contribution in [3.05, 3.63) is 42.4 Å². The number of hydrogen-bond acceptors (Lipinski definition) is 7. The van der Waals surface area contributed by atoms with E-state index in [1.807, 2.05) is 24.4 Å². The number of hydrogen-bond donors (Lipinski definition) is 2. The van der Waals surface area contributed by atoms with Crippen molar-refractivity contribution in [2.75, 3.05) is 32.7 Å². The van der Waals surface area contributed by atoms with Crippen molar-refractivity contribution in [2.24, 2.45) is 0 Å². The van der Waals surface area contributed by atoms with E-state index >= 15 is 0 Å². The van der Waals surface area contributed by atoms with E-state index in [0.717, 1.165) is 16.6 Å². The fourth-order valence-corrected chi connectivity index (χ4v) is 4.85. The number of fused-ring (bicyclic) bond motifs is 2. The molecule has 11 heteroatoms. The fourth-order valence-electron chi connectivity index (χ4n) is 4.85. The Hall–Kier alpha value is -3.57. The number of ether oxygens (including phenoxy) is 2. The van der Waals surface area contributed by atoms with Gasteiger partial charge in [-0.2, -0.15) is 9.61 Å². The molecule has 2 N–H and O–H groups in total. The van der Waals surface area contributed by atoms with Crippen molar-refractivity contribution in [1.82, 2.24) is 29.5 Å². The standard InChI is InChI=1S/C24H26FN7O3/c1-26-21-8-18(29-23-14(9-28-32(21)23)24(33)30-17-6-5-16(17)25)15-10-31(19-11-35-12-20(19)34-2)22-13(15)4-3-7-27-22/h3-4,7-10,16-17,19-20,26H,5-6,11-12H2,1-2H3,(H,30,33)/t16-,17?,19+,20+/m0/s1. The number of nitrogens with one attached hydrogen (secondary N) is 2. The third kappa shape index (κ3) is 3.53. The Balaban J connectivity index is 1.47. The first-order valence-corrected chi connectivity index (χ1v) is 11.7. The molecule has 182 valence electrons. The molecule has 1 aliphatic carbocycles. The number of carbonyl (C=O) groups excluding carboxylic acids is 1. The molecule has 6 rings (SSSR count). The minimum Gasteiger partial charge on any atom is -0.377 e. The number of aromatic nitrogens is 5. The smallest absolute Gasteiger partial charge is 0.257 e. The lowest BCUT2D eigenvalue weighted by Gasteiger charge is -2.30.